The highest BCUT2D eigenvalue weighted by molar-refractivity contribution is 5.88. The Hall–Kier alpha value is -3.34. The van der Waals surface area contributed by atoms with Crippen molar-refractivity contribution >= 4 is 22.9 Å². The number of carbonyl (C=O) groups excluding carboxylic acids is 2. The Morgan fingerprint density at radius 3 is 1.15 bits per heavy atom. The average Bonchev–Trinajstić information content (AvgIpc) is 3.25. The van der Waals surface area contributed by atoms with Crippen LogP contribution in [-0.2, 0) is 28.5 Å². The zero-order valence-corrected chi connectivity index (χ0v) is 32.8. The Morgan fingerprint density at radius 2 is 0.867 bits per heavy atom. The van der Waals surface area contributed by atoms with Crippen LogP contribution in [0.25, 0.3) is 0 Å². The molecule has 0 amide bonds. The molecular formula is C38H58N2O20. The molecule has 0 saturated carbocycles. The minimum atomic E-state index is -1.92. The maximum Gasteiger partial charge on any atom is 0.187 e. The average molecular weight is 863 g/mol. The summed E-state index contributed by atoms with van der Waals surface area (Å²) in [6, 6.07) is 14.2. The van der Waals surface area contributed by atoms with E-state index in [0.29, 0.717) is 11.4 Å². The summed E-state index contributed by atoms with van der Waals surface area (Å²) < 4.78 is 20.9. The van der Waals surface area contributed by atoms with Crippen molar-refractivity contribution in [2.45, 2.75) is 112 Å². The third kappa shape index (κ3) is 13.8. The number of nitrogens with one attached hydrogen (secondary N) is 2. The Balaban J connectivity index is 0.000000320. The predicted molar refractivity (Wildman–Crippen MR) is 205 cm³/mol. The van der Waals surface area contributed by atoms with Gasteiger partial charge in [-0.1, -0.05) is 35.4 Å². The first-order valence-electron chi connectivity index (χ1n) is 18.9. The number of benzene rings is 2. The lowest BCUT2D eigenvalue weighted by atomic mass is 9.98. The van der Waals surface area contributed by atoms with Gasteiger partial charge in [0.25, 0.3) is 0 Å². The van der Waals surface area contributed by atoms with Crippen LogP contribution in [0.4, 0.5) is 11.4 Å². The molecule has 2 aliphatic heterocycles. The van der Waals surface area contributed by atoms with Gasteiger partial charge in [-0.25, -0.2) is 0 Å². The molecule has 0 aromatic heterocycles. The molecule has 2 unspecified atom stereocenters. The molecule has 0 aliphatic carbocycles. The van der Waals surface area contributed by atoms with Crippen molar-refractivity contribution in [3.63, 3.8) is 0 Å². The SMILES string of the molecule is Cc1ccc(NCC(=O)[C@@H](O)C(O[C@@H]2O[C@H](CO)[C@H](O)[C@H](O)[C@H]2O)[C@H](O)CO)cc1.Cc1ccc(NCC(=O)[C@@H](O)C(O[C@H]2O[C@H](CO)[C@@H](O)[C@H](O)[C@H]2O)[C@H](O)CO)cc1. The van der Waals surface area contributed by atoms with E-state index in [9.17, 15) is 81.1 Å². The summed E-state index contributed by atoms with van der Waals surface area (Å²) in [5.74, 6) is -1.56. The van der Waals surface area contributed by atoms with Crippen molar-refractivity contribution in [1.82, 2.24) is 0 Å². The molecule has 60 heavy (non-hydrogen) atoms. The number of aliphatic hydroxyl groups excluding tert-OH is 14. The van der Waals surface area contributed by atoms with Crippen LogP contribution in [-0.4, -0.2) is 221 Å². The summed E-state index contributed by atoms with van der Waals surface area (Å²) in [5, 5.41) is 143. The topological polar surface area (TPSA) is 378 Å². The lowest BCUT2D eigenvalue weighted by Gasteiger charge is -2.41. The zero-order valence-electron chi connectivity index (χ0n) is 32.8. The third-order valence-electron chi connectivity index (χ3n) is 9.73. The fourth-order valence-corrected chi connectivity index (χ4v) is 5.92. The van der Waals surface area contributed by atoms with Crippen molar-refractivity contribution in [2.75, 3.05) is 50.2 Å². The molecule has 22 nitrogen and oxygen atoms in total. The van der Waals surface area contributed by atoms with Crippen molar-refractivity contribution in [2.24, 2.45) is 0 Å². The largest absolute Gasteiger partial charge is 0.394 e. The fourth-order valence-electron chi connectivity index (χ4n) is 5.92. The van der Waals surface area contributed by atoms with Crippen molar-refractivity contribution < 1.29 is 100 Å². The molecule has 0 spiro atoms. The Labute approximate surface area is 344 Å². The van der Waals surface area contributed by atoms with Gasteiger partial charge in [0.15, 0.2) is 24.1 Å². The molecule has 2 aromatic carbocycles. The lowest BCUT2D eigenvalue weighted by Crippen LogP contribution is -2.61. The summed E-state index contributed by atoms with van der Waals surface area (Å²) >= 11 is 0. The second-order valence-corrected chi connectivity index (χ2v) is 14.4. The van der Waals surface area contributed by atoms with Gasteiger partial charge in [-0.15, -0.1) is 0 Å². The van der Waals surface area contributed by atoms with E-state index in [0.717, 1.165) is 11.1 Å². The fraction of sp³-hybridized carbons (Fsp3) is 0.632. The number of ketones is 2. The molecule has 0 bridgehead atoms. The molecule has 22 heteroatoms. The van der Waals surface area contributed by atoms with Gasteiger partial charge in [-0.3, -0.25) is 9.59 Å². The minimum absolute atomic E-state index is 0.323. The standard InChI is InChI=1S/2C19H29NO10/c2*1-9-2-4-10(5-3-9)20-6-11(23)14(25)18(12(24)7-21)30-19-17(28)16(27)15(26)13(8-22)29-19/h2*2-5,12-22,24-28H,6-8H2,1H3/t12-,13-,14-,15+,16+,17-,18?,19+;12-,13-,14-,15-,16+,17-,18?,19-/m11/s1. The minimum Gasteiger partial charge on any atom is -0.394 e. The normalized spacial score (nSPS) is 29.8. The molecule has 0 radical (unpaired) electrons. The highest BCUT2D eigenvalue weighted by Crippen LogP contribution is 2.26. The number of rotatable bonds is 20. The van der Waals surface area contributed by atoms with E-state index in [1.54, 1.807) is 24.3 Å². The van der Waals surface area contributed by atoms with Crippen LogP contribution in [0.3, 0.4) is 0 Å². The van der Waals surface area contributed by atoms with Crippen molar-refractivity contribution in [1.29, 1.82) is 0 Å². The van der Waals surface area contributed by atoms with Gasteiger partial charge in [0, 0.05) is 11.4 Å². The van der Waals surface area contributed by atoms with Crippen molar-refractivity contribution in [3.05, 3.63) is 59.7 Å². The number of hydrogen-bond donors (Lipinski definition) is 16. The van der Waals surface area contributed by atoms with Crippen LogP contribution in [0.15, 0.2) is 48.5 Å². The molecule has 2 aliphatic rings. The highest BCUT2D eigenvalue weighted by atomic mass is 16.7. The number of Topliss-reactive ketones (excluding diaryl/α,β-unsaturated/α-hetero) is 2. The number of carbonyl (C=O) groups is 2. The van der Waals surface area contributed by atoms with E-state index in [-0.39, 0.29) is 13.1 Å². The third-order valence-corrected chi connectivity index (χ3v) is 9.73. The molecule has 2 saturated heterocycles. The monoisotopic (exact) mass is 862 g/mol. The zero-order chi connectivity index (χ0) is 44.8. The van der Waals surface area contributed by atoms with Gasteiger partial charge in [0.1, 0.15) is 85.5 Å². The van der Waals surface area contributed by atoms with E-state index in [4.69, 9.17) is 18.9 Å². The number of anilines is 2. The highest BCUT2D eigenvalue weighted by Gasteiger charge is 2.48. The van der Waals surface area contributed by atoms with E-state index in [1.165, 1.54) is 0 Å². The van der Waals surface area contributed by atoms with Crippen LogP contribution in [0, 0.1) is 13.8 Å². The molecule has 2 heterocycles. The molecule has 2 fully saturated rings. The first-order chi connectivity index (χ1) is 28.4. The number of aryl methyl sites for hydroxylation is 2. The molecule has 16 N–H and O–H groups in total. The van der Waals surface area contributed by atoms with Crippen LogP contribution in [0.5, 0.6) is 0 Å². The number of hydrogen-bond acceptors (Lipinski definition) is 22. The van der Waals surface area contributed by atoms with Crippen LogP contribution in [0.2, 0.25) is 0 Å². The van der Waals surface area contributed by atoms with E-state index in [1.807, 2.05) is 38.1 Å². The molecule has 2 aromatic rings. The van der Waals surface area contributed by atoms with E-state index in [2.05, 4.69) is 10.6 Å². The second-order valence-electron chi connectivity index (χ2n) is 14.4. The second kappa shape index (κ2) is 24.3. The van der Waals surface area contributed by atoms with Gasteiger partial charge in [0.05, 0.1) is 39.5 Å². The summed E-state index contributed by atoms with van der Waals surface area (Å²) in [4.78, 5) is 24.8. The lowest BCUT2D eigenvalue weighted by molar-refractivity contribution is -0.323. The van der Waals surface area contributed by atoms with E-state index >= 15 is 0 Å². The Bertz CT molecular complexity index is 1460. The molecule has 4 rings (SSSR count). The van der Waals surface area contributed by atoms with Crippen LogP contribution < -0.4 is 10.6 Å². The summed E-state index contributed by atoms with van der Waals surface area (Å²) in [7, 11) is 0. The first kappa shape index (κ1) is 51.0. The quantitative estimate of drug-likeness (QED) is 0.0589. The van der Waals surface area contributed by atoms with E-state index < -0.39 is 136 Å². The van der Waals surface area contributed by atoms with Gasteiger partial charge < -0.3 is 101 Å². The first-order valence-corrected chi connectivity index (χ1v) is 18.9. The molecule has 340 valence electrons. The maximum atomic E-state index is 12.4. The van der Waals surface area contributed by atoms with Crippen LogP contribution >= 0.6 is 0 Å². The van der Waals surface area contributed by atoms with Gasteiger partial charge >= 0.3 is 0 Å². The smallest absolute Gasteiger partial charge is 0.187 e. The Kier molecular flexibility index (Phi) is 20.7. The Morgan fingerprint density at radius 1 is 0.550 bits per heavy atom. The molecule has 16 atom stereocenters. The summed E-state index contributed by atoms with van der Waals surface area (Å²) in [5.41, 5.74) is 3.28. The predicted octanol–water partition coefficient (Wildman–Crippen LogP) is -6.25. The van der Waals surface area contributed by atoms with Gasteiger partial charge in [-0.2, -0.15) is 0 Å². The number of aliphatic hydroxyl groups is 14. The summed E-state index contributed by atoms with van der Waals surface area (Å²) in [6.07, 6.45) is -27.0. The number of ether oxygens (including phenoxy) is 4. The van der Waals surface area contributed by atoms with Crippen LogP contribution in [0.1, 0.15) is 11.1 Å². The molecular weight excluding hydrogens is 804 g/mol. The van der Waals surface area contributed by atoms with Gasteiger partial charge in [-0.05, 0) is 38.1 Å². The summed E-state index contributed by atoms with van der Waals surface area (Å²) in [6.45, 7) is -0.0185. The van der Waals surface area contributed by atoms with Crippen molar-refractivity contribution in [3.8, 4) is 0 Å². The maximum absolute atomic E-state index is 12.4. The van der Waals surface area contributed by atoms with Gasteiger partial charge in [0.2, 0.25) is 0 Å².